The minimum atomic E-state index is -2.04. The molecule has 0 radical (unpaired) electrons. The van der Waals surface area contributed by atoms with Crippen LogP contribution >= 0.6 is 6.60 Å². The molecule has 0 nitrogen and oxygen atoms in total. The average molecular weight is 286 g/mol. The molecule has 0 unspecified atom stereocenters. The monoisotopic (exact) mass is 286 g/mol. The second-order valence-corrected chi connectivity index (χ2v) is 12.3. The van der Waals surface area contributed by atoms with Crippen molar-refractivity contribution in [3.05, 3.63) is 60.7 Å². The summed E-state index contributed by atoms with van der Waals surface area (Å²) in [5.74, 6) is 0. The van der Waals surface area contributed by atoms with Crippen molar-refractivity contribution in [3.63, 3.8) is 0 Å². The molecular weight excluding hydrogens is 259 g/mol. The molecule has 0 aliphatic heterocycles. The summed E-state index contributed by atoms with van der Waals surface area (Å²) in [6, 6.07) is 22.5. The van der Waals surface area contributed by atoms with Crippen LogP contribution in [0.4, 0.5) is 0 Å². The first-order valence-corrected chi connectivity index (χ1v) is 10.8. The van der Waals surface area contributed by atoms with Gasteiger partial charge in [0, 0.05) is 0 Å². The van der Waals surface area contributed by atoms with E-state index in [1.54, 1.807) is 10.6 Å². The molecule has 20 heavy (non-hydrogen) atoms. The SMILES string of the molecule is CCCCP(C)(CC)(c1ccccc1)c1ccccc1. The zero-order valence-corrected chi connectivity index (χ0v) is 13.9. The Balaban J connectivity index is 2.64. The first-order chi connectivity index (χ1) is 9.64. The molecular formula is C19H27P. The number of rotatable bonds is 6. The number of unbranched alkanes of at least 4 members (excludes halogenated alkanes) is 1. The molecule has 2 rings (SSSR count). The van der Waals surface area contributed by atoms with E-state index in [4.69, 9.17) is 0 Å². The van der Waals surface area contributed by atoms with Crippen LogP contribution in [0.5, 0.6) is 0 Å². The zero-order chi connectivity index (χ0) is 14.5. The number of benzene rings is 2. The van der Waals surface area contributed by atoms with E-state index in [9.17, 15) is 0 Å². The van der Waals surface area contributed by atoms with Gasteiger partial charge < -0.3 is 0 Å². The standard InChI is InChI=1S/C19H27P/c1-4-6-17-20(3,5-2,18-13-9-7-10-14-18)19-15-11-8-12-16-19/h7-16H,4-6,17H2,1-3H3. The molecule has 0 aromatic heterocycles. The van der Waals surface area contributed by atoms with Gasteiger partial charge in [-0.1, -0.05) is 0 Å². The van der Waals surface area contributed by atoms with Crippen molar-refractivity contribution in [2.45, 2.75) is 26.7 Å². The number of hydrogen-bond acceptors (Lipinski definition) is 0. The molecule has 2 aromatic carbocycles. The molecule has 0 spiro atoms. The molecule has 0 fully saturated rings. The van der Waals surface area contributed by atoms with Gasteiger partial charge >= 0.3 is 124 Å². The summed E-state index contributed by atoms with van der Waals surface area (Å²) < 4.78 is 0. The van der Waals surface area contributed by atoms with Crippen LogP contribution in [-0.4, -0.2) is 19.0 Å². The Hall–Kier alpha value is -1.13. The Kier molecular flexibility index (Phi) is 4.66. The van der Waals surface area contributed by atoms with Crippen LogP contribution in [0.25, 0.3) is 0 Å². The van der Waals surface area contributed by atoms with E-state index in [-0.39, 0.29) is 0 Å². The molecule has 0 saturated carbocycles. The van der Waals surface area contributed by atoms with Gasteiger partial charge in [-0.05, 0) is 0 Å². The normalized spacial score (nSPS) is 13.7. The first-order valence-electron chi connectivity index (χ1n) is 7.76. The summed E-state index contributed by atoms with van der Waals surface area (Å²) in [7, 11) is 0. The van der Waals surface area contributed by atoms with Crippen LogP contribution in [0.15, 0.2) is 60.7 Å². The molecule has 0 N–H and O–H groups in total. The Labute approximate surface area is 124 Å². The van der Waals surface area contributed by atoms with Crippen molar-refractivity contribution in [2.24, 2.45) is 0 Å². The van der Waals surface area contributed by atoms with Gasteiger partial charge in [0.1, 0.15) is 0 Å². The fraction of sp³-hybridized carbons (Fsp3) is 0.368. The van der Waals surface area contributed by atoms with Crippen LogP contribution < -0.4 is 10.6 Å². The van der Waals surface area contributed by atoms with Gasteiger partial charge in [0.05, 0.1) is 0 Å². The molecule has 0 bridgehead atoms. The van der Waals surface area contributed by atoms with Crippen molar-refractivity contribution in [3.8, 4) is 0 Å². The molecule has 0 atom stereocenters. The third-order valence-corrected chi connectivity index (χ3v) is 11.8. The zero-order valence-electron chi connectivity index (χ0n) is 13.0. The molecule has 0 amide bonds. The Bertz CT molecular complexity index is 491. The Morgan fingerprint density at radius 3 is 1.55 bits per heavy atom. The molecule has 0 heterocycles. The van der Waals surface area contributed by atoms with Gasteiger partial charge in [0.2, 0.25) is 0 Å². The minimum absolute atomic E-state index is 1.25. The fourth-order valence-corrected chi connectivity index (χ4v) is 8.36. The molecule has 108 valence electrons. The van der Waals surface area contributed by atoms with Crippen molar-refractivity contribution in [2.75, 3.05) is 19.0 Å². The summed E-state index contributed by atoms with van der Waals surface area (Å²) in [5.41, 5.74) is 0. The maximum absolute atomic E-state index is 2.58. The van der Waals surface area contributed by atoms with Gasteiger partial charge in [-0.3, -0.25) is 0 Å². The van der Waals surface area contributed by atoms with Gasteiger partial charge in [-0.25, -0.2) is 0 Å². The summed E-state index contributed by atoms with van der Waals surface area (Å²) >= 11 is 0. The van der Waals surface area contributed by atoms with E-state index in [0.717, 1.165) is 0 Å². The second-order valence-electron chi connectivity index (χ2n) is 6.11. The van der Waals surface area contributed by atoms with Gasteiger partial charge in [0.15, 0.2) is 0 Å². The third-order valence-electron chi connectivity index (χ3n) is 4.99. The van der Waals surface area contributed by atoms with E-state index in [1.165, 1.54) is 25.2 Å². The quantitative estimate of drug-likeness (QED) is 0.679. The van der Waals surface area contributed by atoms with Gasteiger partial charge in [-0.2, -0.15) is 0 Å². The van der Waals surface area contributed by atoms with Crippen LogP contribution in [-0.2, 0) is 0 Å². The van der Waals surface area contributed by atoms with Crippen LogP contribution in [0.1, 0.15) is 26.7 Å². The van der Waals surface area contributed by atoms with Crippen molar-refractivity contribution >= 4 is 17.2 Å². The molecule has 0 aliphatic rings. The average Bonchev–Trinajstić information content (AvgIpc) is 2.54. The van der Waals surface area contributed by atoms with Crippen LogP contribution in [0.2, 0.25) is 0 Å². The first kappa shape index (κ1) is 15.3. The van der Waals surface area contributed by atoms with Crippen molar-refractivity contribution in [1.29, 1.82) is 0 Å². The molecule has 0 saturated heterocycles. The fourth-order valence-electron chi connectivity index (χ4n) is 3.24. The summed E-state index contributed by atoms with van der Waals surface area (Å²) in [6.45, 7) is 5.22. The second kappa shape index (κ2) is 6.10. The van der Waals surface area contributed by atoms with E-state index in [2.05, 4.69) is 81.2 Å². The third kappa shape index (κ3) is 2.54. The Morgan fingerprint density at radius 1 is 0.750 bits per heavy atom. The summed E-state index contributed by atoms with van der Waals surface area (Å²) in [6.07, 6.45) is 5.16. The van der Waals surface area contributed by atoms with E-state index < -0.39 is 6.60 Å². The maximum atomic E-state index is 2.58. The van der Waals surface area contributed by atoms with E-state index in [0.29, 0.717) is 0 Å². The van der Waals surface area contributed by atoms with Gasteiger partial charge in [-0.15, -0.1) is 0 Å². The van der Waals surface area contributed by atoms with Gasteiger partial charge in [0.25, 0.3) is 0 Å². The number of hydrogen-bond donors (Lipinski definition) is 0. The van der Waals surface area contributed by atoms with E-state index >= 15 is 0 Å². The molecule has 0 aliphatic carbocycles. The summed E-state index contributed by atoms with van der Waals surface area (Å²) in [4.78, 5) is 0. The van der Waals surface area contributed by atoms with Crippen LogP contribution in [0.3, 0.4) is 0 Å². The van der Waals surface area contributed by atoms with Crippen LogP contribution in [0, 0.1) is 0 Å². The predicted octanol–water partition coefficient (Wildman–Crippen LogP) is 4.64. The molecule has 1 heteroatoms. The molecule has 2 aromatic rings. The van der Waals surface area contributed by atoms with Crippen molar-refractivity contribution < 1.29 is 0 Å². The topological polar surface area (TPSA) is 0 Å². The van der Waals surface area contributed by atoms with Crippen molar-refractivity contribution in [1.82, 2.24) is 0 Å². The predicted molar refractivity (Wildman–Crippen MR) is 95.3 cm³/mol. The Morgan fingerprint density at radius 2 is 1.20 bits per heavy atom. The summed E-state index contributed by atoms with van der Waals surface area (Å²) in [5, 5.41) is 3.14. The van der Waals surface area contributed by atoms with E-state index in [1.807, 2.05) is 0 Å².